The van der Waals surface area contributed by atoms with Crippen molar-refractivity contribution in [2.75, 3.05) is 11.4 Å². The molecule has 1 amide bonds. The molecule has 1 spiro atoms. The fourth-order valence-electron chi connectivity index (χ4n) is 4.12. The van der Waals surface area contributed by atoms with Gasteiger partial charge in [-0.25, -0.2) is 13.9 Å². The van der Waals surface area contributed by atoms with Gasteiger partial charge in [0.05, 0.1) is 5.69 Å². The lowest BCUT2D eigenvalue weighted by molar-refractivity contribution is -0.119. The zero-order valence-corrected chi connectivity index (χ0v) is 13.5. The summed E-state index contributed by atoms with van der Waals surface area (Å²) < 4.78 is 16.9. The molecular formula is C17H19FN4O2. The van der Waals surface area contributed by atoms with Gasteiger partial charge in [0.1, 0.15) is 18.7 Å². The summed E-state index contributed by atoms with van der Waals surface area (Å²) in [6, 6.07) is 5.04. The van der Waals surface area contributed by atoms with Crippen molar-refractivity contribution in [1.29, 1.82) is 0 Å². The number of rotatable bonds is 2. The lowest BCUT2D eigenvalue weighted by Gasteiger charge is -2.24. The summed E-state index contributed by atoms with van der Waals surface area (Å²) in [4.78, 5) is 26.2. The van der Waals surface area contributed by atoms with E-state index in [9.17, 15) is 14.0 Å². The third-order valence-electron chi connectivity index (χ3n) is 5.32. The Bertz CT molecular complexity index is 864. The number of carbonyl (C=O) groups excluding carboxylic acids is 1. The zero-order chi connectivity index (χ0) is 16.9. The number of hydrogen-bond donors (Lipinski definition) is 0. The van der Waals surface area contributed by atoms with Crippen LogP contribution in [0.15, 0.2) is 29.3 Å². The van der Waals surface area contributed by atoms with Crippen LogP contribution >= 0.6 is 0 Å². The molecule has 7 heteroatoms. The second kappa shape index (κ2) is 5.29. The molecule has 0 atom stereocenters. The normalized spacial score (nSPS) is 18.3. The molecule has 2 aromatic rings. The van der Waals surface area contributed by atoms with Gasteiger partial charge in [-0.3, -0.25) is 9.36 Å². The molecule has 1 saturated carbocycles. The second-order valence-electron chi connectivity index (χ2n) is 6.79. The Labute approximate surface area is 138 Å². The molecule has 0 N–H and O–H groups in total. The molecule has 0 bridgehead atoms. The van der Waals surface area contributed by atoms with Crippen LogP contribution in [0, 0.1) is 5.82 Å². The molecule has 2 heterocycles. The maximum Gasteiger partial charge on any atom is 0.345 e. The first-order valence-corrected chi connectivity index (χ1v) is 8.20. The quantitative estimate of drug-likeness (QED) is 0.840. The Kier molecular flexibility index (Phi) is 3.33. The SMILES string of the molecule is Cn1cnn(CC(=O)N2CC3(CCCC3)c3cccc(F)c32)c1=O. The maximum absolute atomic E-state index is 14.5. The molecule has 6 nitrogen and oxygen atoms in total. The number of nitrogens with zero attached hydrogens (tertiary/aromatic N) is 4. The molecule has 0 saturated heterocycles. The lowest BCUT2D eigenvalue weighted by Crippen LogP contribution is -2.39. The van der Waals surface area contributed by atoms with Crippen molar-refractivity contribution in [3.8, 4) is 0 Å². The molecular weight excluding hydrogens is 311 g/mol. The highest BCUT2D eigenvalue weighted by Gasteiger charge is 2.47. The van der Waals surface area contributed by atoms with Crippen LogP contribution in [0.5, 0.6) is 0 Å². The number of para-hydroxylation sites is 1. The van der Waals surface area contributed by atoms with Crippen molar-refractivity contribution >= 4 is 11.6 Å². The summed E-state index contributed by atoms with van der Waals surface area (Å²) in [5.74, 6) is -0.677. The third-order valence-corrected chi connectivity index (χ3v) is 5.32. The molecule has 1 aliphatic carbocycles. The fourth-order valence-corrected chi connectivity index (χ4v) is 4.12. The molecule has 1 fully saturated rings. The number of amides is 1. The number of aryl methyl sites for hydroxylation is 1. The summed E-state index contributed by atoms with van der Waals surface area (Å²) in [5, 5.41) is 3.92. The highest BCUT2D eigenvalue weighted by molar-refractivity contribution is 5.96. The van der Waals surface area contributed by atoms with Gasteiger partial charge in [0.15, 0.2) is 0 Å². The van der Waals surface area contributed by atoms with Crippen molar-refractivity contribution in [3.05, 3.63) is 46.4 Å². The van der Waals surface area contributed by atoms with Gasteiger partial charge in [0, 0.05) is 19.0 Å². The molecule has 2 aliphatic rings. The van der Waals surface area contributed by atoms with E-state index in [-0.39, 0.29) is 29.4 Å². The Hall–Kier alpha value is -2.44. The topological polar surface area (TPSA) is 60.1 Å². The molecule has 1 aliphatic heterocycles. The average molecular weight is 330 g/mol. The van der Waals surface area contributed by atoms with Crippen molar-refractivity contribution in [2.45, 2.75) is 37.6 Å². The highest BCUT2D eigenvalue weighted by atomic mass is 19.1. The first-order chi connectivity index (χ1) is 11.5. The molecule has 0 unspecified atom stereocenters. The van der Waals surface area contributed by atoms with Crippen LogP contribution in [0.2, 0.25) is 0 Å². The van der Waals surface area contributed by atoms with Crippen LogP contribution in [0.1, 0.15) is 31.2 Å². The summed E-state index contributed by atoms with van der Waals surface area (Å²) in [5.41, 5.74) is 0.823. The molecule has 24 heavy (non-hydrogen) atoms. The maximum atomic E-state index is 14.5. The smallest absolute Gasteiger partial charge is 0.307 e. The lowest BCUT2D eigenvalue weighted by atomic mass is 9.81. The second-order valence-corrected chi connectivity index (χ2v) is 6.79. The minimum atomic E-state index is -0.377. The van der Waals surface area contributed by atoms with Gasteiger partial charge >= 0.3 is 5.69 Å². The predicted molar refractivity (Wildman–Crippen MR) is 86.4 cm³/mol. The fraction of sp³-hybridized carbons (Fsp3) is 0.471. The monoisotopic (exact) mass is 330 g/mol. The minimum Gasteiger partial charge on any atom is -0.307 e. The summed E-state index contributed by atoms with van der Waals surface area (Å²) in [7, 11) is 1.58. The number of aromatic nitrogens is 3. The molecule has 1 aromatic heterocycles. The Morgan fingerprint density at radius 2 is 2.08 bits per heavy atom. The van der Waals surface area contributed by atoms with E-state index < -0.39 is 0 Å². The van der Waals surface area contributed by atoms with Gasteiger partial charge in [0.25, 0.3) is 0 Å². The van der Waals surface area contributed by atoms with E-state index in [4.69, 9.17) is 0 Å². The van der Waals surface area contributed by atoms with Gasteiger partial charge in [0.2, 0.25) is 5.91 Å². The third kappa shape index (κ3) is 2.11. The van der Waals surface area contributed by atoms with Crippen molar-refractivity contribution < 1.29 is 9.18 Å². The van der Waals surface area contributed by atoms with Gasteiger partial charge in [-0.1, -0.05) is 25.0 Å². The van der Waals surface area contributed by atoms with E-state index in [1.165, 1.54) is 21.9 Å². The van der Waals surface area contributed by atoms with Crippen LogP contribution in [0.3, 0.4) is 0 Å². The molecule has 4 rings (SSSR count). The Morgan fingerprint density at radius 3 is 2.75 bits per heavy atom. The standard InChI is InChI=1S/C17H19FN4O2/c1-20-11-19-22(16(20)24)9-14(23)21-10-17(7-2-3-8-17)12-5-4-6-13(18)15(12)21/h4-6,11H,2-3,7-10H2,1H3. The van der Waals surface area contributed by atoms with Crippen molar-refractivity contribution in [1.82, 2.24) is 14.3 Å². The van der Waals surface area contributed by atoms with Gasteiger partial charge in [-0.05, 0) is 24.5 Å². The number of fused-ring (bicyclic) bond motifs is 2. The van der Waals surface area contributed by atoms with Crippen LogP contribution in [0.25, 0.3) is 0 Å². The average Bonchev–Trinajstić information content (AvgIpc) is 3.25. The van der Waals surface area contributed by atoms with Crippen LogP contribution in [0.4, 0.5) is 10.1 Å². The predicted octanol–water partition coefficient (Wildman–Crippen LogP) is 1.58. The van der Waals surface area contributed by atoms with E-state index in [1.54, 1.807) is 13.1 Å². The molecule has 0 radical (unpaired) electrons. The number of anilines is 1. The first-order valence-electron chi connectivity index (χ1n) is 8.20. The van der Waals surface area contributed by atoms with E-state index in [0.29, 0.717) is 12.2 Å². The number of carbonyl (C=O) groups is 1. The Morgan fingerprint density at radius 1 is 1.33 bits per heavy atom. The van der Waals surface area contributed by atoms with Gasteiger partial charge < -0.3 is 4.90 Å². The summed E-state index contributed by atoms with van der Waals surface area (Å²) in [6.45, 7) is 0.313. The van der Waals surface area contributed by atoms with Crippen LogP contribution in [-0.2, 0) is 23.8 Å². The van der Waals surface area contributed by atoms with Crippen LogP contribution < -0.4 is 10.6 Å². The summed E-state index contributed by atoms with van der Waals surface area (Å²) >= 11 is 0. The van der Waals surface area contributed by atoms with E-state index in [1.807, 2.05) is 6.07 Å². The van der Waals surface area contributed by atoms with E-state index in [0.717, 1.165) is 35.9 Å². The Balaban J connectivity index is 1.70. The van der Waals surface area contributed by atoms with Gasteiger partial charge in [-0.15, -0.1) is 0 Å². The van der Waals surface area contributed by atoms with E-state index in [2.05, 4.69) is 5.10 Å². The van der Waals surface area contributed by atoms with Crippen LogP contribution in [-0.4, -0.2) is 26.8 Å². The molecule has 1 aromatic carbocycles. The highest BCUT2D eigenvalue weighted by Crippen LogP contribution is 2.51. The number of halogens is 1. The summed E-state index contributed by atoms with van der Waals surface area (Å²) in [6.07, 6.45) is 5.50. The number of hydrogen-bond acceptors (Lipinski definition) is 3. The largest absolute Gasteiger partial charge is 0.345 e. The minimum absolute atomic E-state index is 0.137. The molecule has 126 valence electrons. The number of benzene rings is 1. The van der Waals surface area contributed by atoms with Crippen molar-refractivity contribution in [3.63, 3.8) is 0 Å². The van der Waals surface area contributed by atoms with E-state index >= 15 is 0 Å². The van der Waals surface area contributed by atoms with Gasteiger partial charge in [-0.2, -0.15) is 5.10 Å². The zero-order valence-electron chi connectivity index (χ0n) is 13.5. The van der Waals surface area contributed by atoms with Crippen molar-refractivity contribution in [2.24, 2.45) is 7.05 Å². The first kappa shape index (κ1) is 15.1.